The van der Waals surface area contributed by atoms with Crippen LogP contribution in [0.15, 0.2) is 42.5 Å². The van der Waals surface area contributed by atoms with Gasteiger partial charge in [0.15, 0.2) is 0 Å². The summed E-state index contributed by atoms with van der Waals surface area (Å²) in [5.41, 5.74) is 9.64. The summed E-state index contributed by atoms with van der Waals surface area (Å²) in [6, 6.07) is 13.6. The van der Waals surface area contributed by atoms with E-state index in [1.807, 2.05) is 50.2 Å². The van der Waals surface area contributed by atoms with E-state index in [1.54, 1.807) is 0 Å². The first-order chi connectivity index (χ1) is 10.6. The lowest BCUT2D eigenvalue weighted by Crippen LogP contribution is -2.16. The van der Waals surface area contributed by atoms with E-state index in [0.717, 1.165) is 28.1 Å². The number of carbonyl (C=O) groups is 1. The molecular formula is C18H22N2O2. The first-order valence-corrected chi connectivity index (χ1v) is 7.37. The Morgan fingerprint density at radius 1 is 1.14 bits per heavy atom. The van der Waals surface area contributed by atoms with Gasteiger partial charge in [0.2, 0.25) is 5.91 Å². The van der Waals surface area contributed by atoms with Crippen LogP contribution in [0.2, 0.25) is 0 Å². The average Bonchev–Trinajstić information content (AvgIpc) is 2.46. The lowest BCUT2D eigenvalue weighted by molar-refractivity contribution is -0.116. The summed E-state index contributed by atoms with van der Waals surface area (Å²) >= 11 is 0. The largest absolute Gasteiger partial charge is 0.493 e. The van der Waals surface area contributed by atoms with E-state index in [-0.39, 0.29) is 5.91 Å². The predicted molar refractivity (Wildman–Crippen MR) is 89.0 cm³/mol. The van der Waals surface area contributed by atoms with Gasteiger partial charge in [0, 0.05) is 12.2 Å². The van der Waals surface area contributed by atoms with Gasteiger partial charge >= 0.3 is 0 Å². The molecule has 0 aliphatic heterocycles. The summed E-state index contributed by atoms with van der Waals surface area (Å²) in [5.74, 6) is 0.720. The molecule has 1 amide bonds. The van der Waals surface area contributed by atoms with Crippen LogP contribution >= 0.6 is 0 Å². The summed E-state index contributed by atoms with van der Waals surface area (Å²) in [5, 5.41) is 2.87. The highest BCUT2D eigenvalue weighted by molar-refractivity contribution is 5.91. The van der Waals surface area contributed by atoms with E-state index in [2.05, 4.69) is 11.4 Å². The van der Waals surface area contributed by atoms with Crippen LogP contribution in [0, 0.1) is 13.8 Å². The lowest BCUT2D eigenvalue weighted by atomic mass is 10.1. The summed E-state index contributed by atoms with van der Waals surface area (Å²) in [4.78, 5) is 12.0. The molecule has 0 fully saturated rings. The third-order valence-electron chi connectivity index (χ3n) is 3.30. The quantitative estimate of drug-likeness (QED) is 0.861. The van der Waals surface area contributed by atoms with Crippen molar-refractivity contribution in [3.05, 3.63) is 59.2 Å². The number of hydrogen-bond donors (Lipinski definition) is 2. The van der Waals surface area contributed by atoms with Gasteiger partial charge in [0.05, 0.1) is 13.0 Å². The molecule has 0 heterocycles. The highest BCUT2D eigenvalue weighted by Gasteiger charge is 2.06. The van der Waals surface area contributed by atoms with Gasteiger partial charge < -0.3 is 15.8 Å². The molecule has 2 rings (SSSR count). The zero-order valence-electron chi connectivity index (χ0n) is 13.1. The Morgan fingerprint density at radius 3 is 2.50 bits per heavy atom. The first-order valence-electron chi connectivity index (χ1n) is 7.37. The number of nitrogens with two attached hydrogens (primary N) is 1. The van der Waals surface area contributed by atoms with Crippen molar-refractivity contribution in [2.75, 3.05) is 11.9 Å². The van der Waals surface area contributed by atoms with Crippen LogP contribution in [0.25, 0.3) is 0 Å². The Balaban J connectivity index is 1.85. The van der Waals surface area contributed by atoms with Crippen molar-refractivity contribution in [3.8, 4) is 5.75 Å². The lowest BCUT2D eigenvalue weighted by Gasteiger charge is -2.11. The molecule has 0 aromatic heterocycles. The van der Waals surface area contributed by atoms with Gasteiger partial charge in [0.25, 0.3) is 0 Å². The fourth-order valence-electron chi connectivity index (χ4n) is 2.31. The molecule has 4 heteroatoms. The molecule has 116 valence electrons. The second kappa shape index (κ2) is 7.61. The van der Waals surface area contributed by atoms with Crippen molar-refractivity contribution in [1.82, 2.24) is 0 Å². The zero-order chi connectivity index (χ0) is 15.9. The predicted octanol–water partition coefficient (Wildman–Crippen LogP) is 3.17. The normalized spacial score (nSPS) is 10.3. The van der Waals surface area contributed by atoms with E-state index < -0.39 is 0 Å². The minimum absolute atomic E-state index is 0.0784. The van der Waals surface area contributed by atoms with Gasteiger partial charge in [-0.3, -0.25) is 4.79 Å². The Morgan fingerprint density at radius 2 is 1.82 bits per heavy atom. The van der Waals surface area contributed by atoms with Crippen LogP contribution in [0.3, 0.4) is 0 Å². The summed E-state index contributed by atoms with van der Waals surface area (Å²) in [7, 11) is 0. The van der Waals surface area contributed by atoms with Crippen molar-refractivity contribution < 1.29 is 9.53 Å². The minimum atomic E-state index is -0.0784. The molecule has 2 aromatic rings. The average molecular weight is 298 g/mol. The molecule has 0 spiro atoms. The van der Waals surface area contributed by atoms with E-state index in [1.165, 1.54) is 0 Å². The molecule has 2 aromatic carbocycles. The number of benzene rings is 2. The topological polar surface area (TPSA) is 64.3 Å². The zero-order valence-corrected chi connectivity index (χ0v) is 13.1. The number of ether oxygens (including phenoxy) is 1. The second-order valence-corrected chi connectivity index (χ2v) is 5.33. The molecule has 0 bridgehead atoms. The molecule has 3 N–H and O–H groups in total. The number of rotatable bonds is 6. The van der Waals surface area contributed by atoms with Crippen molar-refractivity contribution in [3.63, 3.8) is 0 Å². The highest BCUT2D eigenvalue weighted by Crippen LogP contribution is 2.17. The number of amides is 1. The van der Waals surface area contributed by atoms with E-state index in [4.69, 9.17) is 10.5 Å². The van der Waals surface area contributed by atoms with Crippen LogP contribution < -0.4 is 15.8 Å². The fraction of sp³-hybridized carbons (Fsp3) is 0.278. The van der Waals surface area contributed by atoms with Gasteiger partial charge in [-0.1, -0.05) is 24.3 Å². The molecular weight excluding hydrogens is 276 g/mol. The summed E-state index contributed by atoms with van der Waals surface area (Å²) in [6.07, 6.45) is 0.298. The third-order valence-corrected chi connectivity index (χ3v) is 3.30. The summed E-state index contributed by atoms with van der Waals surface area (Å²) in [6.45, 7) is 4.79. The fourth-order valence-corrected chi connectivity index (χ4v) is 2.31. The van der Waals surface area contributed by atoms with Gasteiger partial charge in [-0.25, -0.2) is 0 Å². The van der Waals surface area contributed by atoms with Crippen molar-refractivity contribution in [1.29, 1.82) is 0 Å². The van der Waals surface area contributed by atoms with Crippen LogP contribution in [0.1, 0.15) is 23.1 Å². The minimum Gasteiger partial charge on any atom is -0.493 e. The maximum atomic E-state index is 12.0. The van der Waals surface area contributed by atoms with Crippen LogP contribution in [0.4, 0.5) is 5.69 Å². The molecule has 4 nitrogen and oxygen atoms in total. The number of nitrogens with one attached hydrogen (secondary N) is 1. The molecule has 0 radical (unpaired) electrons. The number of hydrogen-bond acceptors (Lipinski definition) is 3. The molecule has 0 saturated heterocycles. The Hall–Kier alpha value is -2.33. The molecule has 22 heavy (non-hydrogen) atoms. The van der Waals surface area contributed by atoms with Crippen LogP contribution in [-0.4, -0.2) is 12.5 Å². The summed E-state index contributed by atoms with van der Waals surface area (Å²) < 4.78 is 5.65. The Bertz CT molecular complexity index is 633. The third kappa shape index (κ3) is 4.60. The first kappa shape index (κ1) is 16.0. The SMILES string of the molecule is Cc1cc(C)cc(OCCC(=O)Nc2ccccc2CN)c1. The van der Waals surface area contributed by atoms with Gasteiger partial charge in [0.1, 0.15) is 5.75 Å². The maximum Gasteiger partial charge on any atom is 0.227 e. The van der Waals surface area contributed by atoms with Crippen LogP contribution in [0.5, 0.6) is 5.75 Å². The monoisotopic (exact) mass is 298 g/mol. The van der Waals surface area contributed by atoms with Crippen molar-refractivity contribution >= 4 is 11.6 Å². The Kier molecular flexibility index (Phi) is 5.55. The van der Waals surface area contributed by atoms with Crippen molar-refractivity contribution in [2.45, 2.75) is 26.8 Å². The van der Waals surface area contributed by atoms with Gasteiger partial charge in [-0.2, -0.15) is 0 Å². The highest BCUT2D eigenvalue weighted by atomic mass is 16.5. The number of carbonyl (C=O) groups excluding carboxylic acids is 1. The van der Waals surface area contributed by atoms with Gasteiger partial charge in [-0.05, 0) is 48.7 Å². The van der Waals surface area contributed by atoms with Crippen molar-refractivity contribution in [2.24, 2.45) is 5.73 Å². The van der Waals surface area contributed by atoms with E-state index in [9.17, 15) is 4.79 Å². The van der Waals surface area contributed by atoms with E-state index in [0.29, 0.717) is 19.6 Å². The van der Waals surface area contributed by atoms with Gasteiger partial charge in [-0.15, -0.1) is 0 Å². The van der Waals surface area contributed by atoms with E-state index >= 15 is 0 Å². The molecule has 0 aliphatic carbocycles. The van der Waals surface area contributed by atoms with Crippen LogP contribution in [-0.2, 0) is 11.3 Å². The Labute approximate surface area is 131 Å². The molecule has 0 unspecified atom stereocenters. The maximum absolute atomic E-state index is 12.0. The smallest absolute Gasteiger partial charge is 0.227 e. The number of para-hydroxylation sites is 1. The standard InChI is InChI=1S/C18H22N2O2/c1-13-9-14(2)11-16(10-13)22-8-7-18(21)20-17-6-4-3-5-15(17)12-19/h3-6,9-11H,7-8,12,19H2,1-2H3,(H,20,21). The number of aryl methyl sites for hydroxylation is 2. The second-order valence-electron chi connectivity index (χ2n) is 5.33. The molecule has 0 saturated carbocycles. The molecule has 0 atom stereocenters. The molecule has 0 aliphatic rings. The number of anilines is 1.